The van der Waals surface area contributed by atoms with E-state index in [1.807, 2.05) is 12.1 Å². The third kappa shape index (κ3) is 1.57. The Morgan fingerprint density at radius 3 is 2.67 bits per heavy atom. The topological polar surface area (TPSA) is 37.4 Å². The fraction of sp³-hybridized carbons (Fsp3) is 0.333. The third-order valence-electron chi connectivity index (χ3n) is 6.21. The molecule has 5 rings (SSSR count). The summed E-state index contributed by atoms with van der Waals surface area (Å²) in [7, 11) is 1.62. The minimum absolute atomic E-state index is 0.0421. The van der Waals surface area contributed by atoms with Gasteiger partial charge in [-0.25, -0.2) is 0 Å². The predicted octanol–water partition coefficient (Wildman–Crippen LogP) is 3.52. The average Bonchev–Trinajstić information content (AvgIpc) is 2.59. The van der Waals surface area contributed by atoms with Crippen LogP contribution in [-0.2, 0) is 11.2 Å². The number of benzene rings is 2. The first-order valence-corrected chi connectivity index (χ1v) is 8.61. The molecular formula is C21H19NO2. The van der Waals surface area contributed by atoms with Crippen LogP contribution in [0.15, 0.2) is 36.4 Å². The van der Waals surface area contributed by atoms with E-state index in [2.05, 4.69) is 31.2 Å². The Morgan fingerprint density at radius 1 is 1.04 bits per heavy atom. The summed E-state index contributed by atoms with van der Waals surface area (Å²) in [5.74, 6) is 0.198. The lowest BCUT2D eigenvalue weighted by molar-refractivity contribution is -0.130. The van der Waals surface area contributed by atoms with Crippen LogP contribution in [0.3, 0.4) is 0 Å². The van der Waals surface area contributed by atoms with E-state index < -0.39 is 0 Å². The van der Waals surface area contributed by atoms with Crippen molar-refractivity contribution in [2.24, 2.45) is 0 Å². The molecule has 3 nitrogen and oxygen atoms in total. The van der Waals surface area contributed by atoms with Crippen LogP contribution in [0, 0.1) is 6.92 Å². The summed E-state index contributed by atoms with van der Waals surface area (Å²) in [5, 5.41) is 0. The lowest BCUT2D eigenvalue weighted by Gasteiger charge is -2.46. The molecule has 2 aromatic rings. The fourth-order valence-corrected chi connectivity index (χ4v) is 5.22. The lowest BCUT2D eigenvalue weighted by atomic mass is 9.59. The van der Waals surface area contributed by atoms with E-state index in [0.29, 0.717) is 5.92 Å². The van der Waals surface area contributed by atoms with Crippen molar-refractivity contribution in [3.8, 4) is 0 Å². The second-order valence-corrected chi connectivity index (χ2v) is 7.38. The summed E-state index contributed by atoms with van der Waals surface area (Å²) in [6.45, 7) is 2.14. The second kappa shape index (κ2) is 4.56. The van der Waals surface area contributed by atoms with Gasteiger partial charge in [0, 0.05) is 18.5 Å². The monoisotopic (exact) mass is 317 g/mol. The van der Waals surface area contributed by atoms with E-state index in [1.54, 1.807) is 7.05 Å². The van der Waals surface area contributed by atoms with Gasteiger partial charge in [-0.05, 0) is 59.6 Å². The highest BCUT2D eigenvalue weighted by molar-refractivity contribution is 6.12. The van der Waals surface area contributed by atoms with Crippen LogP contribution >= 0.6 is 0 Å². The number of nitrogens with zero attached hydrogens (tertiary/aromatic N) is 1. The van der Waals surface area contributed by atoms with Crippen LogP contribution in [-0.4, -0.2) is 23.8 Å². The number of rotatable bonds is 0. The van der Waals surface area contributed by atoms with Gasteiger partial charge < -0.3 is 0 Å². The molecule has 0 radical (unpaired) electrons. The van der Waals surface area contributed by atoms with Gasteiger partial charge in [0.15, 0.2) is 0 Å². The summed E-state index contributed by atoms with van der Waals surface area (Å²) in [5.41, 5.74) is 6.95. The van der Waals surface area contributed by atoms with Crippen molar-refractivity contribution < 1.29 is 9.59 Å². The van der Waals surface area contributed by atoms with Gasteiger partial charge in [0.1, 0.15) is 0 Å². The Balaban J connectivity index is 1.82. The normalized spacial score (nSPS) is 26.9. The van der Waals surface area contributed by atoms with Crippen molar-refractivity contribution in [1.82, 2.24) is 4.90 Å². The van der Waals surface area contributed by atoms with E-state index in [1.165, 1.54) is 27.2 Å². The summed E-state index contributed by atoms with van der Waals surface area (Å²) >= 11 is 0. The Labute approximate surface area is 141 Å². The Bertz CT molecular complexity index is 914. The smallest absolute Gasteiger partial charge is 0.260 e. The van der Waals surface area contributed by atoms with E-state index >= 15 is 0 Å². The maximum absolute atomic E-state index is 13.0. The lowest BCUT2D eigenvalue weighted by Crippen LogP contribution is -2.47. The van der Waals surface area contributed by atoms with Crippen molar-refractivity contribution in [3.05, 3.63) is 69.8 Å². The maximum atomic E-state index is 13.0. The number of hydrogen-bond acceptors (Lipinski definition) is 2. The zero-order chi connectivity index (χ0) is 16.6. The van der Waals surface area contributed by atoms with Gasteiger partial charge >= 0.3 is 0 Å². The molecule has 0 saturated carbocycles. The maximum Gasteiger partial charge on any atom is 0.260 e. The summed E-state index contributed by atoms with van der Waals surface area (Å²) in [6.07, 6.45) is 2.02. The molecule has 0 spiro atoms. The number of hydrogen-bond donors (Lipinski definition) is 0. The number of likely N-dealkylation sites (N-methyl/N-ethyl adjacent to an activating group) is 1. The van der Waals surface area contributed by atoms with E-state index in [0.717, 1.165) is 24.0 Å². The minimum Gasteiger partial charge on any atom is -0.281 e. The van der Waals surface area contributed by atoms with Gasteiger partial charge in [-0.15, -0.1) is 0 Å². The third-order valence-corrected chi connectivity index (χ3v) is 6.21. The van der Waals surface area contributed by atoms with Gasteiger partial charge in [0.25, 0.3) is 5.91 Å². The van der Waals surface area contributed by atoms with E-state index in [9.17, 15) is 9.59 Å². The van der Waals surface area contributed by atoms with E-state index in [-0.39, 0.29) is 23.7 Å². The molecule has 3 aliphatic rings. The van der Waals surface area contributed by atoms with Gasteiger partial charge in [0.2, 0.25) is 5.91 Å². The fourth-order valence-electron chi connectivity index (χ4n) is 5.22. The molecular weight excluding hydrogens is 298 g/mol. The number of carbonyl (C=O) groups excluding carboxylic acids is 2. The molecule has 1 heterocycles. The van der Waals surface area contributed by atoms with Crippen LogP contribution in [0.25, 0.3) is 0 Å². The highest BCUT2D eigenvalue weighted by Gasteiger charge is 2.49. The average molecular weight is 317 g/mol. The molecule has 3 atom stereocenters. The second-order valence-electron chi connectivity index (χ2n) is 7.38. The van der Waals surface area contributed by atoms with Crippen LogP contribution in [0.1, 0.15) is 62.3 Å². The molecule has 2 amide bonds. The predicted molar refractivity (Wildman–Crippen MR) is 91.3 cm³/mol. The Morgan fingerprint density at radius 2 is 1.83 bits per heavy atom. The first kappa shape index (κ1) is 14.0. The van der Waals surface area contributed by atoms with Crippen molar-refractivity contribution in [2.45, 2.75) is 37.5 Å². The molecule has 0 saturated heterocycles. The Kier molecular flexibility index (Phi) is 2.66. The summed E-state index contributed by atoms with van der Waals surface area (Å²) in [6, 6.07) is 12.4. The van der Waals surface area contributed by atoms with Crippen molar-refractivity contribution in [2.75, 3.05) is 7.05 Å². The van der Waals surface area contributed by atoms with Crippen LogP contribution in [0.4, 0.5) is 0 Å². The van der Waals surface area contributed by atoms with Crippen LogP contribution in [0.2, 0.25) is 0 Å². The first-order chi connectivity index (χ1) is 11.6. The largest absolute Gasteiger partial charge is 0.281 e. The molecule has 0 unspecified atom stereocenters. The van der Waals surface area contributed by atoms with Gasteiger partial charge in [-0.2, -0.15) is 0 Å². The van der Waals surface area contributed by atoms with Gasteiger partial charge in [0.05, 0.1) is 5.92 Å². The van der Waals surface area contributed by atoms with Crippen molar-refractivity contribution in [3.63, 3.8) is 0 Å². The quantitative estimate of drug-likeness (QED) is 0.697. The highest BCUT2D eigenvalue weighted by Crippen LogP contribution is 2.56. The number of aryl methyl sites for hydroxylation is 1. The minimum atomic E-state index is -0.213. The molecule has 0 fully saturated rings. The molecule has 0 N–H and O–H groups in total. The SMILES string of the molecule is Cc1cccc2c1[C@@H]1C[C@H](C2)c2cccc3c2[C@H]1C(=O)N(C)C3=O. The molecule has 1 aliphatic heterocycles. The van der Waals surface area contributed by atoms with Crippen molar-refractivity contribution >= 4 is 11.8 Å². The summed E-state index contributed by atoms with van der Waals surface area (Å²) < 4.78 is 0. The number of imide groups is 1. The molecule has 0 aromatic heterocycles. The van der Waals surface area contributed by atoms with Crippen molar-refractivity contribution in [1.29, 1.82) is 0 Å². The van der Waals surface area contributed by atoms with Gasteiger partial charge in [-0.3, -0.25) is 14.5 Å². The zero-order valence-corrected chi connectivity index (χ0v) is 13.9. The molecule has 120 valence electrons. The first-order valence-electron chi connectivity index (χ1n) is 8.61. The zero-order valence-electron chi connectivity index (χ0n) is 13.9. The number of fused-ring (bicyclic) bond motifs is 6. The van der Waals surface area contributed by atoms with E-state index in [4.69, 9.17) is 0 Å². The summed E-state index contributed by atoms with van der Waals surface area (Å²) in [4.78, 5) is 27.0. The number of amides is 2. The van der Waals surface area contributed by atoms with Crippen LogP contribution in [0.5, 0.6) is 0 Å². The molecule has 2 aromatic carbocycles. The molecule has 3 heteroatoms. The Hall–Kier alpha value is -2.42. The molecule has 2 bridgehead atoms. The molecule has 24 heavy (non-hydrogen) atoms. The number of carbonyl (C=O) groups is 2. The highest BCUT2D eigenvalue weighted by atomic mass is 16.2. The van der Waals surface area contributed by atoms with Gasteiger partial charge in [-0.1, -0.05) is 30.3 Å². The standard InChI is InChI=1S/C21H19NO2/c1-11-5-3-6-12-9-13-10-16(17(11)12)19-18-14(13)7-4-8-15(18)20(23)22(2)21(19)24/h3-8,13,16,19H,9-10H2,1-2H3/t13-,16-,19-/m0/s1. The van der Waals surface area contributed by atoms with Crippen LogP contribution < -0.4 is 0 Å². The molecule has 2 aliphatic carbocycles.